The van der Waals surface area contributed by atoms with Gasteiger partial charge in [0, 0.05) is 25.5 Å². The van der Waals surface area contributed by atoms with E-state index in [1.54, 1.807) is 30.3 Å². The van der Waals surface area contributed by atoms with Crippen LogP contribution in [-0.2, 0) is 9.59 Å². The number of rotatable bonds is 4. The van der Waals surface area contributed by atoms with Crippen LogP contribution in [0.5, 0.6) is 0 Å². The zero-order chi connectivity index (χ0) is 12.8. The average Bonchev–Trinajstić information content (AvgIpc) is 2.29. The predicted molar refractivity (Wildman–Crippen MR) is 63.5 cm³/mol. The van der Waals surface area contributed by atoms with Crippen molar-refractivity contribution in [2.75, 3.05) is 6.54 Å². The summed E-state index contributed by atoms with van der Waals surface area (Å²) in [5, 5.41) is 0. The molecule has 0 heterocycles. The van der Waals surface area contributed by atoms with Crippen LogP contribution in [0.4, 0.5) is 0 Å². The Hall–Kier alpha value is -1.97. The van der Waals surface area contributed by atoms with Crippen molar-refractivity contribution >= 4 is 17.6 Å². The van der Waals surface area contributed by atoms with Crippen LogP contribution < -0.4 is 0 Å². The van der Waals surface area contributed by atoms with Crippen LogP contribution in [0.15, 0.2) is 30.3 Å². The molecule has 0 aliphatic heterocycles. The quantitative estimate of drug-likeness (QED) is 0.794. The maximum Gasteiger partial charge on any atom is 0.260 e. The number of Topliss-reactive ketones (excluding diaryl/α,β-unsaturated/α-hetero) is 1. The van der Waals surface area contributed by atoms with Gasteiger partial charge in [0.25, 0.3) is 5.91 Å². The summed E-state index contributed by atoms with van der Waals surface area (Å²) in [5.74, 6) is -0.753. The van der Waals surface area contributed by atoms with Crippen molar-refractivity contribution in [1.82, 2.24) is 4.90 Å². The first-order chi connectivity index (χ1) is 8.02. The fourth-order valence-electron chi connectivity index (χ4n) is 1.41. The molecular formula is C13H15NO3. The predicted octanol–water partition coefficient (Wildman–Crippen LogP) is 1.65. The summed E-state index contributed by atoms with van der Waals surface area (Å²) in [6.45, 7) is 2.89. The minimum Gasteiger partial charge on any atom is -0.300 e. The molecule has 0 aliphatic rings. The molecule has 0 aromatic heterocycles. The number of amides is 2. The Balaban J connectivity index is 2.81. The topological polar surface area (TPSA) is 54.5 Å². The van der Waals surface area contributed by atoms with Crippen molar-refractivity contribution in [3.05, 3.63) is 35.9 Å². The molecule has 0 bridgehead atoms. The van der Waals surface area contributed by atoms with Crippen molar-refractivity contribution in [3.63, 3.8) is 0 Å². The van der Waals surface area contributed by atoms with Gasteiger partial charge in [0.1, 0.15) is 5.78 Å². The first kappa shape index (κ1) is 13.1. The van der Waals surface area contributed by atoms with Crippen molar-refractivity contribution in [1.29, 1.82) is 0 Å². The van der Waals surface area contributed by atoms with Gasteiger partial charge < -0.3 is 0 Å². The molecule has 2 amide bonds. The van der Waals surface area contributed by atoms with E-state index in [1.165, 1.54) is 13.8 Å². The van der Waals surface area contributed by atoms with Gasteiger partial charge >= 0.3 is 0 Å². The molecule has 4 nitrogen and oxygen atoms in total. The van der Waals surface area contributed by atoms with Crippen LogP contribution in [0.2, 0.25) is 0 Å². The number of ketones is 1. The number of nitrogens with zero attached hydrogens (tertiary/aromatic N) is 1. The molecule has 17 heavy (non-hydrogen) atoms. The highest BCUT2D eigenvalue weighted by Crippen LogP contribution is 2.06. The normalized spacial score (nSPS) is 9.76. The largest absolute Gasteiger partial charge is 0.300 e. The average molecular weight is 233 g/mol. The smallest absolute Gasteiger partial charge is 0.260 e. The summed E-state index contributed by atoms with van der Waals surface area (Å²) < 4.78 is 0. The molecule has 1 rings (SSSR count). The van der Waals surface area contributed by atoms with Gasteiger partial charge in [0.05, 0.1) is 0 Å². The Morgan fingerprint density at radius 3 is 2.12 bits per heavy atom. The Kier molecular flexibility index (Phi) is 4.57. The molecule has 0 atom stereocenters. The first-order valence-corrected chi connectivity index (χ1v) is 5.39. The molecular weight excluding hydrogens is 218 g/mol. The van der Waals surface area contributed by atoms with Gasteiger partial charge in [-0.05, 0) is 19.1 Å². The molecule has 0 unspecified atom stereocenters. The molecule has 0 saturated heterocycles. The molecule has 0 N–H and O–H groups in total. The number of hydrogen-bond acceptors (Lipinski definition) is 3. The SMILES string of the molecule is CC(=O)CCN(C(C)=O)C(=O)c1ccccc1. The number of carbonyl (C=O) groups is 3. The number of carbonyl (C=O) groups excluding carboxylic acids is 3. The second-order valence-electron chi connectivity index (χ2n) is 3.79. The van der Waals surface area contributed by atoms with Gasteiger partial charge in [-0.1, -0.05) is 18.2 Å². The molecule has 4 heteroatoms. The third kappa shape index (κ3) is 3.83. The van der Waals surface area contributed by atoms with E-state index in [2.05, 4.69) is 0 Å². The summed E-state index contributed by atoms with van der Waals surface area (Å²) >= 11 is 0. The van der Waals surface area contributed by atoms with Gasteiger partial charge in [0.2, 0.25) is 5.91 Å². The van der Waals surface area contributed by atoms with Gasteiger partial charge in [-0.3, -0.25) is 19.3 Å². The van der Waals surface area contributed by atoms with E-state index >= 15 is 0 Å². The summed E-state index contributed by atoms with van der Waals surface area (Å²) in [5.41, 5.74) is 0.450. The van der Waals surface area contributed by atoms with E-state index in [0.29, 0.717) is 5.56 Å². The fraction of sp³-hybridized carbons (Fsp3) is 0.308. The van der Waals surface area contributed by atoms with Crippen LogP contribution >= 0.6 is 0 Å². The minimum absolute atomic E-state index is 0.0443. The van der Waals surface area contributed by atoms with Crippen LogP contribution in [-0.4, -0.2) is 29.0 Å². The Bertz CT molecular complexity index is 426. The van der Waals surface area contributed by atoms with Crippen LogP contribution in [0.1, 0.15) is 30.6 Å². The van der Waals surface area contributed by atoms with Gasteiger partial charge in [-0.15, -0.1) is 0 Å². The highest BCUT2D eigenvalue weighted by Gasteiger charge is 2.19. The van der Waals surface area contributed by atoms with Crippen LogP contribution in [0.3, 0.4) is 0 Å². The minimum atomic E-state index is -0.362. The van der Waals surface area contributed by atoms with Crippen molar-refractivity contribution in [2.45, 2.75) is 20.3 Å². The van der Waals surface area contributed by atoms with Gasteiger partial charge in [-0.2, -0.15) is 0 Å². The molecule has 0 radical (unpaired) electrons. The van der Waals surface area contributed by atoms with Crippen LogP contribution in [0.25, 0.3) is 0 Å². The maximum absolute atomic E-state index is 12.0. The third-order valence-electron chi connectivity index (χ3n) is 2.33. The lowest BCUT2D eigenvalue weighted by Gasteiger charge is -2.18. The Labute approximate surface area is 100 Å². The van der Waals surface area contributed by atoms with Crippen LogP contribution in [0, 0.1) is 0 Å². The third-order valence-corrected chi connectivity index (χ3v) is 2.33. The van der Waals surface area contributed by atoms with E-state index in [4.69, 9.17) is 0 Å². The maximum atomic E-state index is 12.0. The van der Waals surface area contributed by atoms with E-state index in [0.717, 1.165) is 4.90 Å². The monoisotopic (exact) mass is 233 g/mol. The second-order valence-corrected chi connectivity index (χ2v) is 3.79. The Morgan fingerprint density at radius 1 is 1.06 bits per heavy atom. The number of hydrogen-bond donors (Lipinski definition) is 0. The van der Waals surface area contributed by atoms with Gasteiger partial charge in [0.15, 0.2) is 0 Å². The lowest BCUT2D eigenvalue weighted by molar-refractivity contribution is -0.126. The van der Waals surface area contributed by atoms with Crippen molar-refractivity contribution < 1.29 is 14.4 Å². The van der Waals surface area contributed by atoms with E-state index < -0.39 is 0 Å². The lowest BCUT2D eigenvalue weighted by Crippen LogP contribution is -2.36. The molecule has 0 fully saturated rings. The highest BCUT2D eigenvalue weighted by atomic mass is 16.2. The Morgan fingerprint density at radius 2 is 1.65 bits per heavy atom. The number of benzene rings is 1. The zero-order valence-corrected chi connectivity index (χ0v) is 9.97. The van der Waals surface area contributed by atoms with Crippen molar-refractivity contribution in [3.8, 4) is 0 Å². The molecule has 1 aromatic carbocycles. The van der Waals surface area contributed by atoms with Crippen molar-refractivity contribution in [2.24, 2.45) is 0 Å². The molecule has 0 aliphatic carbocycles. The second kappa shape index (κ2) is 5.94. The zero-order valence-electron chi connectivity index (χ0n) is 9.97. The summed E-state index contributed by atoms with van der Waals surface area (Å²) in [7, 11) is 0. The van der Waals surface area contributed by atoms with E-state index in [-0.39, 0.29) is 30.6 Å². The van der Waals surface area contributed by atoms with E-state index in [9.17, 15) is 14.4 Å². The standard InChI is InChI=1S/C13H15NO3/c1-10(15)8-9-14(11(2)16)13(17)12-6-4-3-5-7-12/h3-7H,8-9H2,1-2H3. The highest BCUT2D eigenvalue weighted by molar-refractivity contribution is 6.04. The first-order valence-electron chi connectivity index (χ1n) is 5.39. The van der Waals surface area contributed by atoms with E-state index in [1.807, 2.05) is 0 Å². The summed E-state index contributed by atoms with van der Waals surface area (Å²) in [6.07, 6.45) is 0.193. The fourth-order valence-corrected chi connectivity index (χ4v) is 1.41. The number of imide groups is 1. The molecule has 90 valence electrons. The summed E-state index contributed by atoms with van der Waals surface area (Å²) in [6, 6.07) is 8.55. The summed E-state index contributed by atoms with van der Waals surface area (Å²) in [4.78, 5) is 35.3. The molecule has 0 saturated carbocycles. The lowest BCUT2D eigenvalue weighted by atomic mass is 10.2. The van der Waals surface area contributed by atoms with Gasteiger partial charge in [-0.25, -0.2) is 0 Å². The molecule has 0 spiro atoms. The molecule has 1 aromatic rings.